The molecule has 2 aromatic carbocycles. The molecule has 1 aliphatic rings. The Morgan fingerprint density at radius 1 is 1.09 bits per heavy atom. The molecule has 1 atom stereocenters. The molecule has 1 aliphatic heterocycles. The molecule has 1 saturated heterocycles. The van der Waals surface area contributed by atoms with Gasteiger partial charge in [-0.2, -0.15) is 4.39 Å². The number of carbonyl (C=O) groups is 3. The van der Waals surface area contributed by atoms with Gasteiger partial charge in [0.15, 0.2) is 6.10 Å². The molecule has 1 heterocycles. The zero-order valence-electron chi connectivity index (χ0n) is 17.9. The highest BCUT2D eigenvalue weighted by Crippen LogP contribution is 2.24. The smallest absolute Gasteiger partial charge is 0.309 e. The van der Waals surface area contributed by atoms with Gasteiger partial charge < -0.3 is 15.0 Å². The highest BCUT2D eigenvalue weighted by atomic mass is 19.1. The number of nitrogens with one attached hydrogen (secondary N) is 1. The van der Waals surface area contributed by atoms with E-state index >= 15 is 0 Å². The molecule has 2 aromatic rings. The molecule has 0 radical (unpaired) electrons. The van der Waals surface area contributed by atoms with Crippen molar-refractivity contribution in [1.29, 1.82) is 0 Å². The fraction of sp³-hybridized carbons (Fsp3) is 0.318. The maximum absolute atomic E-state index is 13.9. The SMILES string of the molecule is CC(OC(=O)C1CCN(C(=O)c2ccc(F)cc2F)CC1)C(=O)Nc1ccc(F)c([N+](=O)[O-])c1. The number of rotatable bonds is 6. The van der Waals surface area contributed by atoms with Gasteiger partial charge in [0.25, 0.3) is 11.8 Å². The van der Waals surface area contributed by atoms with Gasteiger partial charge in [-0.05, 0) is 44.0 Å². The third-order valence-electron chi connectivity index (χ3n) is 5.35. The van der Waals surface area contributed by atoms with Crippen molar-refractivity contribution in [2.45, 2.75) is 25.9 Å². The minimum atomic E-state index is -1.25. The number of ether oxygens (including phenoxy) is 1. The summed E-state index contributed by atoms with van der Waals surface area (Å²) in [5.74, 6) is -5.50. The van der Waals surface area contributed by atoms with Crippen molar-refractivity contribution >= 4 is 29.2 Å². The first-order valence-electron chi connectivity index (χ1n) is 10.3. The van der Waals surface area contributed by atoms with Crippen molar-refractivity contribution in [3.05, 3.63) is 69.5 Å². The number of amides is 2. The molecule has 0 aromatic heterocycles. The fourth-order valence-corrected chi connectivity index (χ4v) is 3.45. The van der Waals surface area contributed by atoms with Crippen molar-refractivity contribution in [1.82, 2.24) is 4.90 Å². The second-order valence-electron chi connectivity index (χ2n) is 7.68. The Hall–Kier alpha value is -3.96. The molecule has 0 spiro atoms. The summed E-state index contributed by atoms with van der Waals surface area (Å²) in [6.07, 6.45) is -0.817. The molecular formula is C22H20F3N3O6. The van der Waals surface area contributed by atoms with E-state index in [-0.39, 0.29) is 37.2 Å². The van der Waals surface area contributed by atoms with E-state index in [2.05, 4.69) is 5.32 Å². The topological polar surface area (TPSA) is 119 Å². The Kier molecular flexibility index (Phi) is 7.49. The van der Waals surface area contributed by atoms with Crippen molar-refractivity contribution in [2.75, 3.05) is 18.4 Å². The van der Waals surface area contributed by atoms with Crippen LogP contribution < -0.4 is 5.32 Å². The van der Waals surface area contributed by atoms with Crippen molar-refractivity contribution in [3.8, 4) is 0 Å². The first-order chi connectivity index (χ1) is 16.1. The Morgan fingerprint density at radius 2 is 1.76 bits per heavy atom. The first kappa shape index (κ1) is 24.7. The van der Waals surface area contributed by atoms with Gasteiger partial charge in [0.2, 0.25) is 5.82 Å². The lowest BCUT2D eigenvalue weighted by molar-refractivity contribution is -0.387. The maximum atomic E-state index is 13.9. The number of carbonyl (C=O) groups excluding carboxylic acids is 3. The number of nitro groups is 1. The minimum absolute atomic E-state index is 0.0409. The van der Waals surface area contributed by atoms with E-state index in [9.17, 15) is 37.7 Å². The summed E-state index contributed by atoms with van der Waals surface area (Å²) in [5, 5.41) is 13.1. The van der Waals surface area contributed by atoms with E-state index in [0.29, 0.717) is 6.07 Å². The van der Waals surface area contributed by atoms with Gasteiger partial charge in [0.05, 0.1) is 16.4 Å². The van der Waals surface area contributed by atoms with Gasteiger partial charge in [-0.1, -0.05) is 0 Å². The molecule has 0 aliphatic carbocycles. The van der Waals surface area contributed by atoms with Crippen LogP contribution in [-0.2, 0) is 14.3 Å². The number of anilines is 1. The van der Waals surface area contributed by atoms with Crippen LogP contribution in [-0.4, -0.2) is 46.8 Å². The summed E-state index contributed by atoms with van der Waals surface area (Å²) in [5.41, 5.74) is -1.13. The average molecular weight is 479 g/mol. The maximum Gasteiger partial charge on any atom is 0.309 e. The lowest BCUT2D eigenvalue weighted by atomic mass is 9.96. The Labute approximate surface area is 191 Å². The number of halogens is 3. The Morgan fingerprint density at radius 3 is 2.38 bits per heavy atom. The predicted molar refractivity (Wildman–Crippen MR) is 112 cm³/mol. The second kappa shape index (κ2) is 10.3. The predicted octanol–water partition coefficient (Wildman–Crippen LogP) is 3.43. The van der Waals surface area contributed by atoms with E-state index in [0.717, 1.165) is 30.3 Å². The molecule has 0 bridgehead atoms. The summed E-state index contributed by atoms with van der Waals surface area (Å²) >= 11 is 0. The van der Waals surface area contributed by atoms with Crippen LogP contribution >= 0.6 is 0 Å². The van der Waals surface area contributed by atoms with Crippen LogP contribution in [0.5, 0.6) is 0 Å². The quantitative estimate of drug-likeness (QED) is 0.385. The summed E-state index contributed by atoms with van der Waals surface area (Å²) < 4.78 is 45.5. The number of nitro benzene ring substituents is 1. The zero-order chi connectivity index (χ0) is 25.0. The third-order valence-corrected chi connectivity index (χ3v) is 5.35. The number of hydrogen-bond acceptors (Lipinski definition) is 6. The number of hydrogen-bond donors (Lipinski definition) is 1. The van der Waals surface area contributed by atoms with Crippen LogP contribution in [0.1, 0.15) is 30.1 Å². The Balaban J connectivity index is 1.52. The first-order valence-corrected chi connectivity index (χ1v) is 10.3. The highest BCUT2D eigenvalue weighted by molar-refractivity contribution is 5.96. The second-order valence-corrected chi connectivity index (χ2v) is 7.68. The van der Waals surface area contributed by atoms with Gasteiger partial charge in [-0.15, -0.1) is 0 Å². The van der Waals surface area contributed by atoms with Crippen molar-refractivity contribution < 1.29 is 37.2 Å². The summed E-state index contributed by atoms with van der Waals surface area (Å²) in [4.78, 5) is 48.4. The molecule has 1 fully saturated rings. The van der Waals surface area contributed by atoms with Crippen LogP contribution in [0, 0.1) is 33.5 Å². The number of nitrogens with zero attached hydrogens (tertiary/aromatic N) is 2. The van der Waals surface area contributed by atoms with Crippen molar-refractivity contribution in [3.63, 3.8) is 0 Å². The van der Waals surface area contributed by atoms with E-state index < -0.39 is 57.9 Å². The van der Waals surface area contributed by atoms with Crippen LogP contribution in [0.15, 0.2) is 36.4 Å². The van der Waals surface area contributed by atoms with E-state index in [1.54, 1.807) is 0 Å². The van der Waals surface area contributed by atoms with Gasteiger partial charge in [0, 0.05) is 30.9 Å². The van der Waals surface area contributed by atoms with E-state index in [4.69, 9.17) is 4.74 Å². The van der Waals surface area contributed by atoms with E-state index in [1.807, 2.05) is 0 Å². The summed E-state index contributed by atoms with van der Waals surface area (Å²) in [6.45, 7) is 1.58. The molecule has 34 heavy (non-hydrogen) atoms. The zero-order valence-corrected chi connectivity index (χ0v) is 17.9. The fourth-order valence-electron chi connectivity index (χ4n) is 3.45. The summed E-state index contributed by atoms with van der Waals surface area (Å²) in [6, 6.07) is 5.47. The van der Waals surface area contributed by atoms with Crippen LogP contribution in [0.25, 0.3) is 0 Å². The largest absolute Gasteiger partial charge is 0.452 e. The normalized spacial score (nSPS) is 14.9. The highest BCUT2D eigenvalue weighted by Gasteiger charge is 2.31. The monoisotopic (exact) mass is 479 g/mol. The van der Waals surface area contributed by atoms with Crippen molar-refractivity contribution in [2.24, 2.45) is 5.92 Å². The minimum Gasteiger partial charge on any atom is -0.452 e. The van der Waals surface area contributed by atoms with E-state index in [1.165, 1.54) is 11.8 Å². The van der Waals surface area contributed by atoms with Crippen LogP contribution in [0.4, 0.5) is 24.5 Å². The van der Waals surface area contributed by atoms with Gasteiger partial charge in [-0.3, -0.25) is 24.5 Å². The van der Waals surface area contributed by atoms with Gasteiger partial charge in [-0.25, -0.2) is 8.78 Å². The number of esters is 1. The average Bonchev–Trinajstić information content (AvgIpc) is 2.79. The van der Waals surface area contributed by atoms with Gasteiger partial charge in [0.1, 0.15) is 11.6 Å². The standard InChI is InChI=1S/C22H20F3N3O6/c1-12(20(29)26-15-3-5-17(24)19(11-15)28(32)33)34-22(31)13-6-8-27(9-7-13)21(30)16-4-2-14(23)10-18(16)25/h2-5,10-13H,6-9H2,1H3,(H,26,29). The molecule has 0 saturated carbocycles. The molecule has 12 heteroatoms. The number of likely N-dealkylation sites (tertiary alicyclic amines) is 1. The Bertz CT molecular complexity index is 1130. The lowest BCUT2D eigenvalue weighted by Gasteiger charge is -2.31. The van der Waals surface area contributed by atoms with Gasteiger partial charge >= 0.3 is 11.7 Å². The molecule has 1 unspecified atom stereocenters. The molecule has 180 valence electrons. The molecule has 1 N–H and O–H groups in total. The third kappa shape index (κ3) is 5.69. The molecule has 3 rings (SSSR count). The summed E-state index contributed by atoms with van der Waals surface area (Å²) in [7, 11) is 0. The number of piperidine rings is 1. The lowest BCUT2D eigenvalue weighted by Crippen LogP contribution is -2.42. The molecule has 9 nitrogen and oxygen atoms in total. The molecular weight excluding hydrogens is 459 g/mol. The van der Waals surface area contributed by atoms with Crippen LogP contribution in [0.3, 0.4) is 0 Å². The van der Waals surface area contributed by atoms with Crippen LogP contribution in [0.2, 0.25) is 0 Å². The number of benzene rings is 2. The molecule has 2 amide bonds.